The maximum atomic E-state index is 13.0. The van der Waals surface area contributed by atoms with E-state index < -0.39 is 0 Å². The van der Waals surface area contributed by atoms with Crippen molar-refractivity contribution in [1.29, 1.82) is 0 Å². The number of benzene rings is 2. The molecule has 0 N–H and O–H groups in total. The van der Waals surface area contributed by atoms with Crippen LogP contribution in [0.25, 0.3) is 6.08 Å². The quantitative estimate of drug-likeness (QED) is 0.405. The van der Waals surface area contributed by atoms with Gasteiger partial charge in [0.15, 0.2) is 4.32 Å². The highest BCUT2D eigenvalue weighted by molar-refractivity contribution is 8.27. The minimum Gasteiger partial charge on any atom is -0.372 e. The van der Waals surface area contributed by atoms with Crippen LogP contribution in [0.5, 0.6) is 0 Å². The van der Waals surface area contributed by atoms with Crippen LogP contribution in [0.15, 0.2) is 41.3 Å². The average Bonchev–Trinajstić information content (AvgIpc) is 3.27. The molecule has 0 spiro atoms. The van der Waals surface area contributed by atoms with E-state index in [0.717, 1.165) is 24.2 Å². The Hall–Kier alpha value is -1.53. The fourth-order valence-corrected chi connectivity index (χ4v) is 5.24. The van der Waals surface area contributed by atoms with E-state index in [1.807, 2.05) is 6.08 Å². The van der Waals surface area contributed by atoms with Crippen molar-refractivity contribution in [1.82, 2.24) is 0 Å². The highest BCUT2D eigenvalue weighted by Gasteiger charge is 2.34. The number of halogens is 2. The summed E-state index contributed by atoms with van der Waals surface area (Å²) in [5.41, 5.74) is 3.95. The molecule has 2 aromatic carbocycles. The first-order chi connectivity index (χ1) is 13.4. The predicted molar refractivity (Wildman–Crippen MR) is 125 cm³/mol. The standard InChI is InChI=1S/C21H18Cl2N2OS2/c1-13-10-16(24-8-2-3-9-24)6-4-14(13)11-19-20(26)25(21(27)28-19)18-7-5-15(22)12-17(18)23/h4-7,10-12H,2-3,8-9H2,1H3/b19-11-. The molecule has 2 fully saturated rings. The zero-order valence-corrected chi connectivity index (χ0v) is 18.4. The lowest BCUT2D eigenvalue weighted by molar-refractivity contribution is -0.113. The van der Waals surface area contributed by atoms with Crippen LogP contribution in [0.3, 0.4) is 0 Å². The molecule has 0 aromatic heterocycles. The van der Waals surface area contributed by atoms with Crippen LogP contribution in [0, 0.1) is 6.92 Å². The first kappa shape index (κ1) is 19.8. The molecule has 0 bridgehead atoms. The lowest BCUT2D eigenvalue weighted by atomic mass is 10.1. The summed E-state index contributed by atoms with van der Waals surface area (Å²) < 4.78 is 0.465. The SMILES string of the molecule is Cc1cc(N2CCCC2)ccc1/C=C1\SC(=S)N(c2ccc(Cl)cc2Cl)C1=O. The summed E-state index contributed by atoms with van der Waals surface area (Å²) in [6, 6.07) is 11.4. The third kappa shape index (κ3) is 3.81. The van der Waals surface area contributed by atoms with E-state index in [4.69, 9.17) is 35.4 Å². The van der Waals surface area contributed by atoms with E-state index in [-0.39, 0.29) is 5.91 Å². The van der Waals surface area contributed by atoms with Gasteiger partial charge in [-0.05, 0) is 67.3 Å². The molecule has 2 saturated heterocycles. The van der Waals surface area contributed by atoms with Gasteiger partial charge in [-0.15, -0.1) is 0 Å². The first-order valence-electron chi connectivity index (χ1n) is 9.02. The van der Waals surface area contributed by atoms with Crippen molar-refractivity contribution in [2.45, 2.75) is 19.8 Å². The summed E-state index contributed by atoms with van der Waals surface area (Å²) in [6.45, 7) is 4.29. The number of carbonyl (C=O) groups is 1. The van der Waals surface area contributed by atoms with E-state index in [1.54, 1.807) is 18.2 Å². The molecule has 4 rings (SSSR count). The summed E-state index contributed by atoms with van der Waals surface area (Å²) in [6.07, 6.45) is 4.40. The van der Waals surface area contributed by atoms with E-state index in [9.17, 15) is 4.79 Å². The summed E-state index contributed by atoms with van der Waals surface area (Å²) in [5, 5.41) is 0.916. The molecular formula is C21H18Cl2N2OS2. The monoisotopic (exact) mass is 448 g/mol. The van der Waals surface area contributed by atoms with Crippen LogP contribution < -0.4 is 9.80 Å². The summed E-state index contributed by atoms with van der Waals surface area (Å²) >= 11 is 19.0. The largest absolute Gasteiger partial charge is 0.372 e. The molecule has 0 aliphatic carbocycles. The van der Waals surface area contributed by atoms with Gasteiger partial charge in [0.2, 0.25) is 0 Å². The number of anilines is 2. The average molecular weight is 449 g/mol. The minimum atomic E-state index is -0.165. The van der Waals surface area contributed by atoms with E-state index in [1.165, 1.54) is 35.2 Å². The zero-order valence-electron chi connectivity index (χ0n) is 15.2. The van der Waals surface area contributed by atoms with Crippen molar-refractivity contribution in [3.63, 3.8) is 0 Å². The molecule has 0 saturated carbocycles. The van der Waals surface area contributed by atoms with Gasteiger partial charge in [0.25, 0.3) is 5.91 Å². The van der Waals surface area contributed by atoms with Gasteiger partial charge in [-0.3, -0.25) is 9.69 Å². The van der Waals surface area contributed by atoms with Gasteiger partial charge in [-0.25, -0.2) is 0 Å². The van der Waals surface area contributed by atoms with Crippen LogP contribution in [0.2, 0.25) is 10.0 Å². The highest BCUT2D eigenvalue weighted by atomic mass is 35.5. The van der Waals surface area contributed by atoms with Gasteiger partial charge in [0.05, 0.1) is 15.6 Å². The molecule has 2 aromatic rings. The normalized spacial score (nSPS) is 18.6. The maximum Gasteiger partial charge on any atom is 0.270 e. The molecule has 2 aliphatic heterocycles. The molecule has 2 aliphatic rings. The van der Waals surface area contributed by atoms with Crippen molar-refractivity contribution in [3.05, 3.63) is 62.5 Å². The first-order valence-corrected chi connectivity index (χ1v) is 11.0. The Morgan fingerprint density at radius 1 is 1.11 bits per heavy atom. The third-order valence-electron chi connectivity index (χ3n) is 4.96. The Bertz CT molecular complexity index is 1000. The molecule has 28 heavy (non-hydrogen) atoms. The number of thioether (sulfide) groups is 1. The molecule has 1 amide bonds. The molecule has 144 valence electrons. The van der Waals surface area contributed by atoms with Crippen molar-refractivity contribution in [3.8, 4) is 0 Å². The summed E-state index contributed by atoms with van der Waals surface area (Å²) in [4.78, 5) is 17.5. The second-order valence-corrected chi connectivity index (χ2v) is 9.37. The number of amides is 1. The third-order valence-corrected chi connectivity index (χ3v) is 6.80. The Morgan fingerprint density at radius 2 is 1.86 bits per heavy atom. The molecule has 3 nitrogen and oxygen atoms in total. The van der Waals surface area contributed by atoms with Crippen LogP contribution in [-0.2, 0) is 4.79 Å². The van der Waals surface area contributed by atoms with E-state index in [2.05, 4.69) is 30.0 Å². The van der Waals surface area contributed by atoms with Gasteiger partial charge in [0, 0.05) is 23.8 Å². The van der Waals surface area contributed by atoms with Crippen LogP contribution >= 0.6 is 47.2 Å². The number of carbonyl (C=O) groups excluding carboxylic acids is 1. The number of aryl methyl sites for hydroxylation is 1. The Kier molecular flexibility index (Phi) is 5.70. The van der Waals surface area contributed by atoms with Gasteiger partial charge in [0.1, 0.15) is 0 Å². The van der Waals surface area contributed by atoms with Gasteiger partial charge < -0.3 is 4.90 Å². The van der Waals surface area contributed by atoms with Crippen molar-refractivity contribution in [2.75, 3.05) is 22.9 Å². The number of rotatable bonds is 3. The second-order valence-electron chi connectivity index (χ2n) is 6.85. The van der Waals surface area contributed by atoms with Gasteiger partial charge >= 0.3 is 0 Å². The number of nitrogens with zero attached hydrogens (tertiary/aromatic N) is 2. The van der Waals surface area contributed by atoms with Crippen LogP contribution in [0.4, 0.5) is 11.4 Å². The molecular weight excluding hydrogens is 431 g/mol. The van der Waals surface area contributed by atoms with Gasteiger partial charge in [-0.2, -0.15) is 0 Å². The zero-order chi connectivity index (χ0) is 19.8. The summed E-state index contributed by atoms with van der Waals surface area (Å²) in [7, 11) is 0. The van der Waals surface area contributed by atoms with Crippen molar-refractivity contribution in [2.24, 2.45) is 0 Å². The Morgan fingerprint density at radius 3 is 2.54 bits per heavy atom. The van der Waals surface area contributed by atoms with E-state index in [0.29, 0.717) is 25.0 Å². The molecule has 0 unspecified atom stereocenters. The lowest BCUT2D eigenvalue weighted by Gasteiger charge is -2.18. The number of thiocarbonyl (C=S) groups is 1. The number of hydrogen-bond acceptors (Lipinski definition) is 4. The lowest BCUT2D eigenvalue weighted by Crippen LogP contribution is -2.27. The summed E-state index contributed by atoms with van der Waals surface area (Å²) in [5.74, 6) is -0.165. The van der Waals surface area contributed by atoms with Crippen LogP contribution in [-0.4, -0.2) is 23.3 Å². The molecule has 0 radical (unpaired) electrons. The topological polar surface area (TPSA) is 23.6 Å². The predicted octanol–water partition coefficient (Wildman–Crippen LogP) is 6.31. The fourth-order valence-electron chi connectivity index (χ4n) is 3.47. The molecule has 7 heteroatoms. The highest BCUT2D eigenvalue weighted by Crippen LogP contribution is 2.40. The number of hydrogen-bond donors (Lipinski definition) is 0. The van der Waals surface area contributed by atoms with Crippen molar-refractivity contribution < 1.29 is 4.79 Å². The molecule has 2 heterocycles. The fraction of sp³-hybridized carbons (Fsp3) is 0.238. The van der Waals surface area contributed by atoms with Crippen LogP contribution in [0.1, 0.15) is 24.0 Å². The smallest absolute Gasteiger partial charge is 0.270 e. The second kappa shape index (κ2) is 8.07. The van der Waals surface area contributed by atoms with E-state index >= 15 is 0 Å². The maximum absolute atomic E-state index is 13.0. The van der Waals surface area contributed by atoms with Crippen molar-refractivity contribution >= 4 is 74.9 Å². The minimum absolute atomic E-state index is 0.165. The van der Waals surface area contributed by atoms with Gasteiger partial charge in [-0.1, -0.05) is 53.2 Å². The Balaban J connectivity index is 1.62. The molecule has 0 atom stereocenters. The Labute approximate surface area is 184 Å².